The zero-order valence-electron chi connectivity index (χ0n) is 11.7. The lowest BCUT2D eigenvalue weighted by atomic mass is 10.1. The molecule has 1 aromatic rings. The molecule has 0 saturated carbocycles. The van der Waals surface area contributed by atoms with Crippen molar-refractivity contribution in [1.82, 2.24) is 0 Å². The van der Waals surface area contributed by atoms with Gasteiger partial charge in [0.25, 0.3) is 0 Å². The summed E-state index contributed by atoms with van der Waals surface area (Å²) >= 11 is 3.34. The van der Waals surface area contributed by atoms with E-state index in [1.54, 1.807) is 32.4 Å². The molecule has 0 saturated heterocycles. The number of benzene rings is 1. The third kappa shape index (κ3) is 6.00. The van der Waals surface area contributed by atoms with Gasteiger partial charge in [-0.1, -0.05) is 0 Å². The van der Waals surface area contributed by atoms with E-state index in [1.165, 1.54) is 0 Å². The maximum Gasteiger partial charge on any atom is 0.188 e. The van der Waals surface area contributed by atoms with Crippen LogP contribution in [0, 0.1) is 0 Å². The Bertz CT molecular complexity index is 422. The molecule has 0 radical (unpaired) electrons. The van der Waals surface area contributed by atoms with Gasteiger partial charge in [0, 0.05) is 12.7 Å². The van der Waals surface area contributed by atoms with Gasteiger partial charge in [0.05, 0.1) is 38.0 Å². The first-order valence-electron chi connectivity index (χ1n) is 6.20. The fourth-order valence-electron chi connectivity index (χ4n) is 1.45. The second-order valence-electron chi connectivity index (χ2n) is 3.93. The molecule has 0 spiro atoms. The summed E-state index contributed by atoms with van der Waals surface area (Å²) in [5.74, 6) is 0.610. The van der Waals surface area contributed by atoms with Crippen LogP contribution in [-0.2, 0) is 14.2 Å². The summed E-state index contributed by atoms with van der Waals surface area (Å²) in [5.41, 5.74) is 0.581. The molecule has 0 aliphatic rings. The number of ketones is 1. The minimum absolute atomic E-state index is 0.0341. The average Bonchev–Trinajstić information content (AvgIpc) is 2.46. The summed E-state index contributed by atoms with van der Waals surface area (Å²) in [4.78, 5) is 11.9. The van der Waals surface area contributed by atoms with E-state index in [2.05, 4.69) is 15.9 Å². The largest absolute Gasteiger partial charge is 0.496 e. The molecule has 6 heteroatoms. The standard InChI is InChI=1S/C14H19BrO5/c1-17-5-6-19-7-8-20-10-13(16)11-3-4-14(18-2)12(15)9-11/h3-4,9H,5-8,10H2,1-2H3. The highest BCUT2D eigenvalue weighted by Gasteiger charge is 2.09. The first kappa shape index (κ1) is 17.1. The van der Waals surface area contributed by atoms with Crippen LogP contribution in [0.15, 0.2) is 22.7 Å². The van der Waals surface area contributed by atoms with Crippen molar-refractivity contribution >= 4 is 21.7 Å². The minimum atomic E-state index is -0.0785. The quantitative estimate of drug-likeness (QED) is 0.480. The van der Waals surface area contributed by atoms with Crippen LogP contribution < -0.4 is 4.74 Å². The number of carbonyl (C=O) groups excluding carboxylic acids is 1. The van der Waals surface area contributed by atoms with Crippen LogP contribution in [0.2, 0.25) is 0 Å². The minimum Gasteiger partial charge on any atom is -0.496 e. The molecular weight excluding hydrogens is 328 g/mol. The molecule has 20 heavy (non-hydrogen) atoms. The Labute approximate surface area is 127 Å². The van der Waals surface area contributed by atoms with Gasteiger partial charge in [-0.3, -0.25) is 4.79 Å². The molecule has 0 unspecified atom stereocenters. The number of methoxy groups -OCH3 is 2. The van der Waals surface area contributed by atoms with Crippen molar-refractivity contribution in [3.8, 4) is 5.75 Å². The van der Waals surface area contributed by atoms with Gasteiger partial charge in [-0.15, -0.1) is 0 Å². The highest BCUT2D eigenvalue weighted by Crippen LogP contribution is 2.25. The Hall–Kier alpha value is -0.950. The number of Topliss-reactive ketones (excluding diaryl/α,β-unsaturated/α-hetero) is 1. The van der Waals surface area contributed by atoms with Crippen LogP contribution in [0.1, 0.15) is 10.4 Å². The van der Waals surface area contributed by atoms with Crippen molar-refractivity contribution in [2.45, 2.75) is 0 Å². The van der Waals surface area contributed by atoms with Gasteiger partial charge in [0.2, 0.25) is 0 Å². The molecule has 0 atom stereocenters. The van der Waals surface area contributed by atoms with Crippen LogP contribution in [0.4, 0.5) is 0 Å². The molecule has 112 valence electrons. The van der Waals surface area contributed by atoms with Crippen LogP contribution >= 0.6 is 15.9 Å². The van der Waals surface area contributed by atoms with Gasteiger partial charge < -0.3 is 18.9 Å². The highest BCUT2D eigenvalue weighted by molar-refractivity contribution is 9.10. The van der Waals surface area contributed by atoms with Crippen molar-refractivity contribution in [3.05, 3.63) is 28.2 Å². The van der Waals surface area contributed by atoms with E-state index in [4.69, 9.17) is 18.9 Å². The van der Waals surface area contributed by atoms with Gasteiger partial charge >= 0.3 is 0 Å². The Balaban J connectivity index is 2.27. The highest BCUT2D eigenvalue weighted by atomic mass is 79.9. The number of hydrogen-bond donors (Lipinski definition) is 0. The summed E-state index contributed by atoms with van der Waals surface area (Å²) < 4.78 is 21.2. The van der Waals surface area contributed by atoms with E-state index in [1.807, 2.05) is 0 Å². The summed E-state index contributed by atoms with van der Waals surface area (Å²) in [7, 11) is 3.19. The zero-order chi connectivity index (χ0) is 14.8. The third-order valence-electron chi connectivity index (χ3n) is 2.51. The Morgan fingerprint density at radius 2 is 1.80 bits per heavy atom. The molecule has 1 aromatic carbocycles. The Kier molecular flexibility index (Phi) is 8.45. The second kappa shape index (κ2) is 9.88. The van der Waals surface area contributed by atoms with Gasteiger partial charge in [0.15, 0.2) is 5.78 Å². The fourth-order valence-corrected chi connectivity index (χ4v) is 1.99. The van der Waals surface area contributed by atoms with E-state index in [9.17, 15) is 4.79 Å². The zero-order valence-corrected chi connectivity index (χ0v) is 13.3. The van der Waals surface area contributed by atoms with E-state index >= 15 is 0 Å². The normalized spacial score (nSPS) is 10.6. The lowest BCUT2D eigenvalue weighted by Gasteiger charge is -2.07. The van der Waals surface area contributed by atoms with Gasteiger partial charge in [-0.25, -0.2) is 0 Å². The second-order valence-corrected chi connectivity index (χ2v) is 4.78. The maximum absolute atomic E-state index is 11.9. The van der Waals surface area contributed by atoms with Gasteiger partial charge in [0.1, 0.15) is 12.4 Å². The number of halogens is 1. The fraction of sp³-hybridized carbons (Fsp3) is 0.500. The summed E-state index contributed by atoms with van der Waals surface area (Å²) in [5, 5.41) is 0. The van der Waals surface area contributed by atoms with Crippen LogP contribution in [-0.4, -0.2) is 53.0 Å². The Morgan fingerprint density at radius 1 is 1.10 bits per heavy atom. The average molecular weight is 347 g/mol. The van der Waals surface area contributed by atoms with E-state index in [0.29, 0.717) is 37.7 Å². The van der Waals surface area contributed by atoms with Gasteiger partial charge in [-0.2, -0.15) is 0 Å². The summed E-state index contributed by atoms with van der Waals surface area (Å²) in [6, 6.07) is 5.18. The topological polar surface area (TPSA) is 54.0 Å². The molecule has 0 heterocycles. The van der Waals surface area contributed by atoms with Gasteiger partial charge in [-0.05, 0) is 34.1 Å². The lowest BCUT2D eigenvalue weighted by molar-refractivity contribution is 0.0253. The van der Waals surface area contributed by atoms with Crippen molar-refractivity contribution in [1.29, 1.82) is 0 Å². The molecule has 1 rings (SSSR count). The molecule has 0 aromatic heterocycles. The molecule has 5 nitrogen and oxygen atoms in total. The monoisotopic (exact) mass is 346 g/mol. The van der Waals surface area contributed by atoms with Crippen LogP contribution in [0.25, 0.3) is 0 Å². The number of ether oxygens (including phenoxy) is 4. The van der Waals surface area contributed by atoms with Crippen molar-refractivity contribution in [2.75, 3.05) is 47.3 Å². The van der Waals surface area contributed by atoms with E-state index in [0.717, 1.165) is 4.47 Å². The molecule has 0 N–H and O–H groups in total. The molecule has 0 amide bonds. The van der Waals surface area contributed by atoms with E-state index < -0.39 is 0 Å². The SMILES string of the molecule is COCCOCCOCC(=O)c1ccc(OC)c(Br)c1. The predicted octanol–water partition coefficient (Wildman–Crippen LogP) is 2.32. The molecule has 0 bridgehead atoms. The molecule has 0 fully saturated rings. The summed E-state index contributed by atoms with van der Waals surface area (Å²) in [6.07, 6.45) is 0. The maximum atomic E-state index is 11.9. The number of hydrogen-bond acceptors (Lipinski definition) is 5. The smallest absolute Gasteiger partial charge is 0.188 e. The lowest BCUT2D eigenvalue weighted by Crippen LogP contribution is -2.13. The molecular formula is C14H19BrO5. The van der Waals surface area contributed by atoms with Crippen molar-refractivity contribution in [2.24, 2.45) is 0 Å². The first-order chi connectivity index (χ1) is 9.69. The molecule has 0 aliphatic carbocycles. The number of rotatable bonds is 10. The predicted molar refractivity (Wildman–Crippen MR) is 78.5 cm³/mol. The number of carbonyl (C=O) groups is 1. The van der Waals surface area contributed by atoms with Crippen LogP contribution in [0.5, 0.6) is 5.75 Å². The van der Waals surface area contributed by atoms with Crippen molar-refractivity contribution < 1.29 is 23.7 Å². The summed E-state index contributed by atoms with van der Waals surface area (Å²) in [6.45, 7) is 1.94. The van der Waals surface area contributed by atoms with Crippen molar-refractivity contribution in [3.63, 3.8) is 0 Å². The molecule has 0 aliphatic heterocycles. The van der Waals surface area contributed by atoms with E-state index in [-0.39, 0.29) is 12.4 Å². The third-order valence-corrected chi connectivity index (χ3v) is 3.13. The van der Waals surface area contributed by atoms with Crippen LogP contribution in [0.3, 0.4) is 0 Å². The Morgan fingerprint density at radius 3 is 2.45 bits per heavy atom. The first-order valence-corrected chi connectivity index (χ1v) is 6.99.